The molecule has 0 radical (unpaired) electrons. The summed E-state index contributed by atoms with van der Waals surface area (Å²) in [5.41, 5.74) is 2.09. The number of hydrogen-bond acceptors (Lipinski definition) is 4. The Kier molecular flexibility index (Phi) is 10.9. The molecule has 4 rings (SSSR count). The van der Waals surface area contributed by atoms with Gasteiger partial charge in [-0.1, -0.05) is 60.7 Å². The first-order valence-electron chi connectivity index (χ1n) is 12.5. The van der Waals surface area contributed by atoms with Crippen LogP contribution in [0.4, 0.5) is 0 Å². The van der Waals surface area contributed by atoms with Crippen molar-refractivity contribution in [3.05, 3.63) is 71.8 Å². The van der Waals surface area contributed by atoms with Gasteiger partial charge in [-0.25, -0.2) is 0 Å². The molecule has 2 heterocycles. The van der Waals surface area contributed by atoms with E-state index < -0.39 is 0 Å². The fourth-order valence-electron chi connectivity index (χ4n) is 4.93. The molecule has 0 spiro atoms. The molecule has 2 aromatic rings. The van der Waals surface area contributed by atoms with Crippen LogP contribution in [0.25, 0.3) is 0 Å². The van der Waals surface area contributed by atoms with E-state index in [1.54, 1.807) is 0 Å². The summed E-state index contributed by atoms with van der Waals surface area (Å²) in [5, 5.41) is 21.0. The first-order valence-corrected chi connectivity index (χ1v) is 12.5. The van der Waals surface area contributed by atoms with Crippen LogP contribution >= 0.6 is 0 Å². The van der Waals surface area contributed by atoms with Gasteiger partial charge in [0.15, 0.2) is 0 Å². The van der Waals surface area contributed by atoms with Crippen LogP contribution in [-0.2, 0) is 4.79 Å². The van der Waals surface area contributed by atoms with E-state index in [2.05, 4.69) is 5.32 Å². The zero-order chi connectivity index (χ0) is 23.3. The monoisotopic (exact) mass is 452 g/mol. The fraction of sp³-hybridized carbons (Fsp3) is 0.536. The number of nitrogens with one attached hydrogen (secondary N) is 1. The van der Waals surface area contributed by atoms with Gasteiger partial charge < -0.3 is 20.4 Å². The Bertz CT molecular complexity index is 743. The van der Waals surface area contributed by atoms with Crippen molar-refractivity contribution in [2.75, 3.05) is 39.4 Å². The third-order valence-electron chi connectivity index (χ3n) is 6.97. The van der Waals surface area contributed by atoms with Crippen molar-refractivity contribution >= 4 is 5.91 Å². The van der Waals surface area contributed by atoms with Gasteiger partial charge in [0.05, 0.1) is 5.92 Å². The van der Waals surface area contributed by atoms with E-state index in [0.29, 0.717) is 12.5 Å². The summed E-state index contributed by atoms with van der Waals surface area (Å²) >= 11 is 0. The highest BCUT2D eigenvalue weighted by Crippen LogP contribution is 2.29. The molecule has 0 bridgehead atoms. The highest BCUT2D eigenvalue weighted by atomic mass is 16.3. The molecule has 2 aliphatic heterocycles. The summed E-state index contributed by atoms with van der Waals surface area (Å²) in [6.45, 7) is 4.48. The molecule has 0 unspecified atom stereocenters. The Labute approximate surface area is 198 Å². The summed E-state index contributed by atoms with van der Waals surface area (Å²) in [5.74, 6) is 1.29. The molecule has 33 heavy (non-hydrogen) atoms. The number of hydrogen-bond donors (Lipinski definition) is 3. The minimum atomic E-state index is -0.234. The summed E-state index contributed by atoms with van der Waals surface area (Å²) < 4.78 is 0. The van der Waals surface area contributed by atoms with E-state index in [0.717, 1.165) is 68.9 Å². The second-order valence-corrected chi connectivity index (χ2v) is 9.24. The summed E-state index contributed by atoms with van der Waals surface area (Å²) in [6, 6.07) is 20.1. The second kappa shape index (κ2) is 14.1. The van der Waals surface area contributed by atoms with Gasteiger partial charge in [-0.2, -0.15) is 0 Å². The standard InChI is InChI=1S/C21H25NO2.C7H15NO/c23-16-13-17-11-14-22(15-12-17)21(24)20(18-7-3-1-4-8-18)19-9-5-2-6-10-19;9-6-3-7-1-4-8-5-2-7/h1-10,17,20,23H,11-16H2;7-9H,1-6H2. The summed E-state index contributed by atoms with van der Waals surface area (Å²) in [7, 11) is 0. The number of aliphatic hydroxyl groups is 2. The van der Waals surface area contributed by atoms with Crippen molar-refractivity contribution in [3.8, 4) is 0 Å². The van der Waals surface area contributed by atoms with Gasteiger partial charge in [-0.05, 0) is 74.6 Å². The van der Waals surface area contributed by atoms with Crippen LogP contribution in [0.2, 0.25) is 0 Å². The number of rotatable bonds is 7. The van der Waals surface area contributed by atoms with Crippen molar-refractivity contribution in [1.29, 1.82) is 0 Å². The number of piperidine rings is 2. The van der Waals surface area contributed by atoms with E-state index >= 15 is 0 Å². The van der Waals surface area contributed by atoms with Crippen LogP contribution in [0.1, 0.15) is 55.6 Å². The zero-order valence-electron chi connectivity index (χ0n) is 19.7. The average molecular weight is 453 g/mol. The van der Waals surface area contributed by atoms with Crippen LogP contribution < -0.4 is 5.32 Å². The predicted octanol–water partition coefficient (Wildman–Crippen LogP) is 3.81. The maximum atomic E-state index is 13.2. The molecule has 180 valence electrons. The van der Waals surface area contributed by atoms with E-state index in [4.69, 9.17) is 10.2 Å². The van der Waals surface area contributed by atoms with Crippen LogP contribution in [0, 0.1) is 11.8 Å². The zero-order valence-corrected chi connectivity index (χ0v) is 19.7. The lowest BCUT2D eigenvalue weighted by Crippen LogP contribution is -2.41. The number of benzene rings is 2. The lowest BCUT2D eigenvalue weighted by molar-refractivity contribution is -0.133. The highest BCUT2D eigenvalue weighted by Gasteiger charge is 2.30. The molecule has 5 nitrogen and oxygen atoms in total. The Morgan fingerprint density at radius 1 is 0.788 bits per heavy atom. The predicted molar refractivity (Wildman–Crippen MR) is 133 cm³/mol. The van der Waals surface area contributed by atoms with Crippen molar-refractivity contribution in [2.45, 2.75) is 44.4 Å². The van der Waals surface area contributed by atoms with Crippen LogP contribution in [0.15, 0.2) is 60.7 Å². The number of aliphatic hydroxyl groups excluding tert-OH is 2. The molecule has 0 saturated carbocycles. The van der Waals surface area contributed by atoms with Gasteiger partial charge in [0, 0.05) is 26.3 Å². The quantitative estimate of drug-likeness (QED) is 0.597. The van der Waals surface area contributed by atoms with Crippen LogP contribution in [0.5, 0.6) is 0 Å². The van der Waals surface area contributed by atoms with E-state index in [9.17, 15) is 4.79 Å². The van der Waals surface area contributed by atoms with Gasteiger partial charge in [0.25, 0.3) is 0 Å². The minimum Gasteiger partial charge on any atom is -0.396 e. The molecule has 2 aliphatic rings. The van der Waals surface area contributed by atoms with Gasteiger partial charge in [0.2, 0.25) is 5.91 Å². The maximum Gasteiger partial charge on any atom is 0.234 e. The first-order chi connectivity index (χ1) is 16.2. The molecule has 5 heteroatoms. The minimum absolute atomic E-state index is 0.190. The van der Waals surface area contributed by atoms with Crippen LogP contribution in [0.3, 0.4) is 0 Å². The van der Waals surface area contributed by atoms with E-state index in [-0.39, 0.29) is 18.4 Å². The van der Waals surface area contributed by atoms with Crippen molar-refractivity contribution in [3.63, 3.8) is 0 Å². The molecule has 2 aromatic carbocycles. The number of nitrogens with zero attached hydrogens (tertiary/aromatic N) is 1. The third kappa shape index (κ3) is 7.95. The van der Waals surface area contributed by atoms with Crippen molar-refractivity contribution < 1.29 is 15.0 Å². The molecule has 2 saturated heterocycles. The highest BCUT2D eigenvalue weighted by molar-refractivity contribution is 5.87. The molecule has 0 aliphatic carbocycles. The lowest BCUT2D eigenvalue weighted by Gasteiger charge is -2.34. The molecule has 0 aromatic heterocycles. The van der Waals surface area contributed by atoms with Gasteiger partial charge in [-0.15, -0.1) is 0 Å². The molecular weight excluding hydrogens is 412 g/mol. The first kappa shape index (κ1) is 25.4. The molecule has 1 amide bonds. The topological polar surface area (TPSA) is 72.8 Å². The van der Waals surface area contributed by atoms with Crippen LogP contribution in [-0.4, -0.2) is 60.4 Å². The second-order valence-electron chi connectivity index (χ2n) is 9.24. The number of likely N-dealkylation sites (tertiary alicyclic amines) is 1. The fourth-order valence-corrected chi connectivity index (χ4v) is 4.93. The van der Waals surface area contributed by atoms with E-state index in [1.165, 1.54) is 12.8 Å². The average Bonchev–Trinajstić information content (AvgIpc) is 2.87. The molecule has 0 atom stereocenters. The van der Waals surface area contributed by atoms with Crippen molar-refractivity contribution in [2.24, 2.45) is 11.8 Å². The van der Waals surface area contributed by atoms with Gasteiger partial charge in [-0.3, -0.25) is 4.79 Å². The summed E-state index contributed by atoms with van der Waals surface area (Å²) in [6.07, 6.45) is 6.33. The Hall–Kier alpha value is -2.21. The Morgan fingerprint density at radius 2 is 1.24 bits per heavy atom. The molecule has 3 N–H and O–H groups in total. The van der Waals surface area contributed by atoms with E-state index in [1.807, 2.05) is 65.6 Å². The number of carbonyl (C=O) groups is 1. The van der Waals surface area contributed by atoms with Crippen molar-refractivity contribution in [1.82, 2.24) is 10.2 Å². The Balaban J connectivity index is 0.000000286. The van der Waals surface area contributed by atoms with Gasteiger partial charge >= 0.3 is 0 Å². The molecular formula is C28H40N2O3. The smallest absolute Gasteiger partial charge is 0.234 e. The number of carbonyl (C=O) groups excluding carboxylic acids is 1. The maximum absolute atomic E-state index is 13.2. The Morgan fingerprint density at radius 3 is 1.70 bits per heavy atom. The molecule has 2 fully saturated rings. The lowest BCUT2D eigenvalue weighted by atomic mass is 9.88. The SMILES string of the molecule is O=C(C(c1ccccc1)c1ccccc1)N1CCC(CCO)CC1.OCCC1CCNCC1. The van der Waals surface area contributed by atoms with Gasteiger partial charge in [0.1, 0.15) is 0 Å². The largest absolute Gasteiger partial charge is 0.396 e. The summed E-state index contributed by atoms with van der Waals surface area (Å²) in [4.78, 5) is 15.2. The number of amides is 1. The normalized spacial score (nSPS) is 17.5. The third-order valence-corrected chi connectivity index (χ3v) is 6.97.